The number of hydrogen-bond acceptors (Lipinski definition) is 6. The van der Waals surface area contributed by atoms with Gasteiger partial charge in [0, 0.05) is 61.7 Å². The number of thiazole rings is 1. The Hall–Kier alpha value is -4.15. The first-order chi connectivity index (χ1) is 21.9. The fourth-order valence-corrected chi connectivity index (χ4v) is 5.68. The van der Waals surface area contributed by atoms with Crippen molar-refractivity contribution in [3.05, 3.63) is 103 Å². The van der Waals surface area contributed by atoms with Gasteiger partial charge in [-0.1, -0.05) is 46.3 Å². The van der Waals surface area contributed by atoms with E-state index in [4.69, 9.17) is 4.98 Å². The van der Waals surface area contributed by atoms with Crippen LogP contribution in [0.5, 0.6) is 0 Å². The number of carbonyl (C=O) groups is 3. The number of halogens is 1. The van der Waals surface area contributed by atoms with Gasteiger partial charge < -0.3 is 15.5 Å². The molecule has 8 nitrogen and oxygen atoms in total. The maximum atomic E-state index is 12.1. The predicted octanol–water partition coefficient (Wildman–Crippen LogP) is 7.23. The molecule has 0 fully saturated rings. The van der Waals surface area contributed by atoms with Crippen molar-refractivity contribution in [1.29, 1.82) is 0 Å². The molecule has 10 heteroatoms. The summed E-state index contributed by atoms with van der Waals surface area (Å²) in [5, 5.41) is 8.64. The van der Waals surface area contributed by atoms with Crippen LogP contribution in [0.1, 0.15) is 70.8 Å². The fraction of sp³-hybridized carbons (Fsp3) is 0.306. The Bertz CT molecular complexity index is 1750. The molecule has 4 rings (SSSR count). The van der Waals surface area contributed by atoms with Gasteiger partial charge in [0.2, 0.25) is 0 Å². The minimum atomic E-state index is -0.170. The van der Waals surface area contributed by atoms with Crippen LogP contribution < -0.4 is 10.6 Å². The second-order valence-electron chi connectivity index (χ2n) is 11.0. The number of rotatable bonds is 10. The topological polar surface area (TPSA) is 104 Å². The highest BCUT2D eigenvalue weighted by molar-refractivity contribution is 9.09. The van der Waals surface area contributed by atoms with Gasteiger partial charge in [0.1, 0.15) is 0 Å². The first kappa shape index (κ1) is 36.3. The summed E-state index contributed by atoms with van der Waals surface area (Å²) in [5.74, 6) is -0.273. The molecule has 46 heavy (non-hydrogen) atoms. The summed E-state index contributed by atoms with van der Waals surface area (Å²) < 4.78 is 0. The number of aryl methyl sites for hydroxylation is 4. The number of Topliss-reactive ketones (excluding diaryl/α,β-unsaturated/α-hetero) is 1. The maximum Gasteiger partial charge on any atom is 0.251 e. The average molecular weight is 705 g/mol. The first-order valence-corrected chi connectivity index (χ1v) is 17.0. The molecule has 0 aliphatic heterocycles. The lowest BCUT2D eigenvalue weighted by Crippen LogP contribution is -2.19. The molecule has 1 aromatic heterocycles. The summed E-state index contributed by atoms with van der Waals surface area (Å²) in [6, 6.07) is 15.4. The Kier molecular flexibility index (Phi) is 13.4. The maximum absolute atomic E-state index is 12.1. The summed E-state index contributed by atoms with van der Waals surface area (Å²) >= 11 is 4.75. The van der Waals surface area contributed by atoms with Crippen molar-refractivity contribution in [2.24, 2.45) is 4.99 Å². The molecule has 0 aliphatic rings. The van der Waals surface area contributed by atoms with Crippen LogP contribution >= 0.6 is 27.3 Å². The van der Waals surface area contributed by atoms with E-state index in [1.54, 1.807) is 43.6 Å². The zero-order chi connectivity index (χ0) is 34.0. The molecule has 2 N–H and O–H groups in total. The molecule has 0 aliphatic carbocycles. The number of ketones is 1. The van der Waals surface area contributed by atoms with Crippen molar-refractivity contribution in [2.45, 2.75) is 41.0 Å². The van der Waals surface area contributed by atoms with Crippen LogP contribution in [0.2, 0.25) is 0 Å². The van der Waals surface area contributed by atoms with Crippen LogP contribution in [0, 0.1) is 27.7 Å². The highest BCUT2D eigenvalue weighted by Gasteiger charge is 2.13. The van der Waals surface area contributed by atoms with Crippen LogP contribution in [0.4, 0.5) is 5.69 Å². The van der Waals surface area contributed by atoms with Gasteiger partial charge in [0.25, 0.3) is 11.8 Å². The number of aliphatic imine (C=N–C) groups is 1. The molecule has 1 heterocycles. The van der Waals surface area contributed by atoms with E-state index in [1.807, 2.05) is 45.4 Å². The summed E-state index contributed by atoms with van der Waals surface area (Å²) in [6.45, 7) is 11.0. The van der Waals surface area contributed by atoms with Gasteiger partial charge in [0.15, 0.2) is 5.78 Å². The molecule has 0 saturated carbocycles. The van der Waals surface area contributed by atoms with Gasteiger partial charge in [-0.05, 0) is 80.6 Å². The molecule has 0 saturated heterocycles. The van der Waals surface area contributed by atoms with Gasteiger partial charge in [-0.25, -0.2) is 9.98 Å². The van der Waals surface area contributed by atoms with Crippen molar-refractivity contribution in [3.63, 3.8) is 0 Å². The van der Waals surface area contributed by atoms with Crippen LogP contribution in [0.25, 0.3) is 11.3 Å². The van der Waals surface area contributed by atoms with Gasteiger partial charge in [-0.15, -0.1) is 11.3 Å². The lowest BCUT2D eigenvalue weighted by atomic mass is 10.0. The van der Waals surface area contributed by atoms with Crippen LogP contribution in [0.15, 0.2) is 58.9 Å². The molecule has 0 radical (unpaired) electrons. The molecule has 0 atom stereocenters. The number of amides is 2. The van der Waals surface area contributed by atoms with Gasteiger partial charge in [0.05, 0.1) is 28.1 Å². The van der Waals surface area contributed by atoms with Crippen molar-refractivity contribution < 1.29 is 14.4 Å². The number of hydrogen-bond donors (Lipinski definition) is 2. The third kappa shape index (κ3) is 9.43. The SMILES string of the molecule is CCN(C)C=Nc1cc(C)c(Cc2nc(-c3ccc(C)c(C(=O)NC)c3)cs2)cc1C.CNC(=O)c1cc(C(=O)CBr)ccc1C. The average Bonchev–Trinajstić information content (AvgIpc) is 3.53. The Balaban J connectivity index is 0.000000322. The van der Waals surface area contributed by atoms with E-state index in [-0.39, 0.29) is 22.9 Å². The first-order valence-electron chi connectivity index (χ1n) is 15.0. The van der Waals surface area contributed by atoms with Crippen molar-refractivity contribution in [3.8, 4) is 11.3 Å². The number of nitrogens with zero attached hydrogens (tertiary/aromatic N) is 3. The van der Waals surface area contributed by atoms with Gasteiger partial charge in [-0.2, -0.15) is 0 Å². The monoisotopic (exact) mass is 703 g/mol. The summed E-state index contributed by atoms with van der Waals surface area (Å²) in [7, 11) is 5.24. The molecular formula is C36H42BrN5O3S. The molecule has 3 aromatic carbocycles. The third-order valence-electron chi connectivity index (χ3n) is 7.60. The quantitative estimate of drug-likeness (QED) is 0.0785. The minimum Gasteiger partial charge on any atom is -0.366 e. The zero-order valence-electron chi connectivity index (χ0n) is 27.7. The Morgan fingerprint density at radius 2 is 1.52 bits per heavy atom. The molecule has 4 aromatic rings. The molecule has 2 amide bonds. The molecule has 242 valence electrons. The smallest absolute Gasteiger partial charge is 0.251 e. The summed E-state index contributed by atoms with van der Waals surface area (Å²) in [6.07, 6.45) is 2.66. The van der Waals surface area contributed by atoms with E-state index >= 15 is 0 Å². The summed E-state index contributed by atoms with van der Waals surface area (Å²) in [4.78, 5) is 46.5. The second-order valence-corrected chi connectivity index (χ2v) is 12.5. The van der Waals surface area contributed by atoms with E-state index in [0.717, 1.165) is 51.6 Å². The van der Waals surface area contributed by atoms with E-state index < -0.39 is 0 Å². The highest BCUT2D eigenvalue weighted by atomic mass is 79.9. The molecule has 0 spiro atoms. The number of alkyl halides is 1. The number of aromatic nitrogens is 1. The normalized spacial score (nSPS) is 10.7. The van der Waals surface area contributed by atoms with Crippen LogP contribution in [0.3, 0.4) is 0 Å². The Morgan fingerprint density at radius 3 is 2.13 bits per heavy atom. The van der Waals surface area contributed by atoms with Crippen LogP contribution in [-0.4, -0.2) is 66.8 Å². The molecule has 0 bridgehead atoms. The van der Waals surface area contributed by atoms with Gasteiger partial charge >= 0.3 is 0 Å². The number of nitrogens with one attached hydrogen (secondary N) is 2. The standard InChI is InChI=1S/C25H30N4OS.C11H12BrNO2/c1-7-29(6)15-27-22-11-17(3)20(10-18(22)4)13-24-28-23(14-31-24)19-9-8-16(2)21(12-19)25(30)26-5;1-7-3-4-8(10(14)6-12)5-9(7)11(15)13-2/h8-12,14-15H,7,13H2,1-6H3,(H,26,30);3-5H,6H2,1-2H3,(H,13,15). The van der Waals surface area contributed by atoms with Crippen molar-refractivity contribution >= 4 is 56.9 Å². The summed E-state index contributed by atoms with van der Waals surface area (Å²) in [5.41, 5.74) is 10.1. The van der Waals surface area contributed by atoms with Gasteiger partial charge in [-0.3, -0.25) is 14.4 Å². The minimum absolute atomic E-state index is 0.0276. The predicted molar refractivity (Wildman–Crippen MR) is 194 cm³/mol. The second kappa shape index (κ2) is 17.0. The highest BCUT2D eigenvalue weighted by Crippen LogP contribution is 2.29. The van der Waals surface area contributed by atoms with E-state index in [9.17, 15) is 14.4 Å². The van der Waals surface area contributed by atoms with Crippen molar-refractivity contribution in [2.75, 3.05) is 33.0 Å². The van der Waals surface area contributed by atoms with E-state index in [1.165, 1.54) is 11.1 Å². The fourth-order valence-electron chi connectivity index (χ4n) is 4.53. The lowest BCUT2D eigenvalue weighted by molar-refractivity contribution is 0.0954. The van der Waals surface area contributed by atoms with Crippen LogP contribution in [-0.2, 0) is 6.42 Å². The largest absolute Gasteiger partial charge is 0.366 e. The molecule has 0 unspecified atom stereocenters. The van der Waals surface area contributed by atoms with E-state index in [2.05, 4.69) is 74.7 Å². The zero-order valence-corrected chi connectivity index (χ0v) is 30.1. The molecular weight excluding hydrogens is 662 g/mol. The Morgan fingerprint density at radius 1 is 0.891 bits per heavy atom. The number of benzene rings is 3. The van der Waals surface area contributed by atoms with Crippen molar-refractivity contribution in [1.82, 2.24) is 20.5 Å². The van der Waals surface area contributed by atoms with E-state index in [0.29, 0.717) is 16.7 Å². The Labute approximate surface area is 284 Å². The number of carbonyl (C=O) groups excluding carboxylic acids is 3. The lowest BCUT2D eigenvalue weighted by Gasteiger charge is -2.11. The third-order valence-corrected chi connectivity index (χ3v) is 8.96.